The molecule has 32 heavy (non-hydrogen) atoms. The highest BCUT2D eigenvalue weighted by molar-refractivity contribution is 7.93. The van der Waals surface area contributed by atoms with Gasteiger partial charge in [0.2, 0.25) is 5.91 Å². The Kier molecular flexibility index (Phi) is 7.61. The molecule has 0 aliphatic heterocycles. The van der Waals surface area contributed by atoms with Crippen molar-refractivity contribution < 1.29 is 18.3 Å². The van der Waals surface area contributed by atoms with Crippen LogP contribution in [-0.4, -0.2) is 49.0 Å². The van der Waals surface area contributed by atoms with Crippen molar-refractivity contribution in [1.29, 1.82) is 0 Å². The van der Waals surface area contributed by atoms with Gasteiger partial charge in [0.1, 0.15) is 6.54 Å². The lowest BCUT2D eigenvalue weighted by molar-refractivity contribution is -0.130. The Morgan fingerprint density at radius 1 is 0.969 bits per heavy atom. The monoisotopic (exact) mass is 453 g/mol. The Bertz CT molecular complexity index is 1150. The molecule has 1 amide bonds. The molecule has 1 N–H and O–H groups in total. The number of benzene rings is 2. The number of amides is 1. The van der Waals surface area contributed by atoms with Gasteiger partial charge in [-0.2, -0.15) is 0 Å². The second-order valence-corrected chi connectivity index (χ2v) is 9.30. The lowest BCUT2D eigenvalue weighted by Crippen LogP contribution is -2.44. The van der Waals surface area contributed by atoms with E-state index in [1.54, 1.807) is 67.7 Å². The van der Waals surface area contributed by atoms with Crippen molar-refractivity contribution in [3.05, 3.63) is 89.7 Å². The van der Waals surface area contributed by atoms with E-state index in [1.165, 1.54) is 11.0 Å². The van der Waals surface area contributed by atoms with Crippen LogP contribution >= 0.6 is 0 Å². The summed E-state index contributed by atoms with van der Waals surface area (Å²) in [5.74, 6) is -0.428. The molecule has 0 saturated carbocycles. The molecular formula is C24H27N3O4S. The number of aliphatic hydroxyl groups excluding tert-OH is 1. The van der Waals surface area contributed by atoms with Crippen molar-refractivity contribution in [3.8, 4) is 0 Å². The van der Waals surface area contributed by atoms with Gasteiger partial charge in [0.05, 0.1) is 29.4 Å². The van der Waals surface area contributed by atoms with Gasteiger partial charge in [-0.3, -0.25) is 14.1 Å². The number of aryl methyl sites for hydroxylation is 2. The van der Waals surface area contributed by atoms with Gasteiger partial charge >= 0.3 is 0 Å². The van der Waals surface area contributed by atoms with E-state index in [0.29, 0.717) is 16.9 Å². The third-order valence-electron chi connectivity index (χ3n) is 5.06. The van der Waals surface area contributed by atoms with E-state index in [9.17, 15) is 18.3 Å². The maximum Gasteiger partial charge on any atom is 0.265 e. The number of sulfonamides is 1. The Hall–Kier alpha value is -3.23. The van der Waals surface area contributed by atoms with Crippen molar-refractivity contribution in [2.45, 2.75) is 25.3 Å². The minimum atomic E-state index is -4.01. The number of carbonyl (C=O) groups is 1. The van der Waals surface area contributed by atoms with E-state index in [4.69, 9.17) is 0 Å². The predicted molar refractivity (Wildman–Crippen MR) is 124 cm³/mol. The summed E-state index contributed by atoms with van der Waals surface area (Å²) in [5.41, 5.74) is 2.62. The van der Waals surface area contributed by atoms with Crippen LogP contribution in [-0.2, 0) is 21.4 Å². The van der Waals surface area contributed by atoms with Crippen LogP contribution in [0.4, 0.5) is 5.69 Å². The number of hydrogen-bond acceptors (Lipinski definition) is 5. The van der Waals surface area contributed by atoms with Crippen molar-refractivity contribution in [3.63, 3.8) is 0 Å². The van der Waals surface area contributed by atoms with E-state index in [0.717, 1.165) is 9.87 Å². The smallest absolute Gasteiger partial charge is 0.265 e. The minimum absolute atomic E-state index is 0.0710. The number of rotatable bonds is 9. The first-order valence-electron chi connectivity index (χ1n) is 10.3. The minimum Gasteiger partial charge on any atom is -0.395 e. The number of hydrogen-bond donors (Lipinski definition) is 1. The summed E-state index contributed by atoms with van der Waals surface area (Å²) in [6.45, 7) is 3.24. The Labute approximate surface area is 189 Å². The van der Waals surface area contributed by atoms with Gasteiger partial charge in [-0.1, -0.05) is 42.0 Å². The van der Waals surface area contributed by atoms with Crippen molar-refractivity contribution in [2.24, 2.45) is 0 Å². The fraction of sp³-hybridized carbons (Fsp3) is 0.250. The zero-order valence-electron chi connectivity index (χ0n) is 18.2. The summed E-state index contributed by atoms with van der Waals surface area (Å²) < 4.78 is 28.3. The Morgan fingerprint density at radius 2 is 1.66 bits per heavy atom. The van der Waals surface area contributed by atoms with Gasteiger partial charge in [-0.05, 0) is 49.7 Å². The fourth-order valence-corrected chi connectivity index (χ4v) is 4.96. The lowest BCUT2D eigenvalue weighted by atomic mass is 10.2. The highest BCUT2D eigenvalue weighted by atomic mass is 32.2. The van der Waals surface area contributed by atoms with Crippen molar-refractivity contribution in [2.75, 3.05) is 24.0 Å². The second-order valence-electron chi connectivity index (χ2n) is 7.47. The van der Waals surface area contributed by atoms with Crippen LogP contribution in [0.5, 0.6) is 0 Å². The molecule has 0 fully saturated rings. The summed E-state index contributed by atoms with van der Waals surface area (Å²) in [5, 5.41) is 9.47. The number of anilines is 1. The van der Waals surface area contributed by atoms with Crippen LogP contribution in [0, 0.1) is 13.8 Å². The first-order chi connectivity index (χ1) is 15.3. The average molecular weight is 454 g/mol. The van der Waals surface area contributed by atoms with Crippen molar-refractivity contribution >= 4 is 21.6 Å². The van der Waals surface area contributed by atoms with E-state index in [1.807, 2.05) is 13.0 Å². The van der Waals surface area contributed by atoms with Gasteiger partial charge < -0.3 is 10.0 Å². The number of aliphatic hydroxyl groups is 1. The second kappa shape index (κ2) is 10.4. The highest BCUT2D eigenvalue weighted by Gasteiger charge is 2.30. The molecular weight excluding hydrogens is 426 g/mol. The number of aromatic nitrogens is 1. The topological polar surface area (TPSA) is 90.8 Å². The van der Waals surface area contributed by atoms with Gasteiger partial charge in [0.15, 0.2) is 0 Å². The molecule has 168 valence electrons. The van der Waals surface area contributed by atoms with Crippen LogP contribution in [0.2, 0.25) is 0 Å². The van der Waals surface area contributed by atoms with Gasteiger partial charge in [-0.25, -0.2) is 8.42 Å². The van der Waals surface area contributed by atoms with Crippen LogP contribution < -0.4 is 4.31 Å². The standard InChI is InChI=1S/C24H27N3O4S/c1-19-10-12-22(13-11-19)27(32(30,31)23-9-4-3-7-20(23)2)18-24(29)26(15-16-28)17-21-8-5-6-14-25-21/h3-14,28H,15-18H2,1-2H3. The first-order valence-corrected chi connectivity index (χ1v) is 11.7. The van der Waals surface area contributed by atoms with E-state index in [2.05, 4.69) is 4.98 Å². The number of pyridine rings is 1. The molecule has 0 unspecified atom stereocenters. The van der Waals surface area contributed by atoms with Crippen LogP contribution in [0.3, 0.4) is 0 Å². The van der Waals surface area contributed by atoms with E-state index in [-0.39, 0.29) is 24.6 Å². The largest absolute Gasteiger partial charge is 0.395 e. The number of carbonyl (C=O) groups excluding carboxylic acids is 1. The molecule has 1 aromatic heterocycles. The molecule has 0 spiro atoms. The molecule has 0 saturated heterocycles. The molecule has 0 bridgehead atoms. The number of nitrogens with zero attached hydrogens (tertiary/aromatic N) is 3. The maximum atomic E-state index is 13.6. The SMILES string of the molecule is Cc1ccc(N(CC(=O)N(CCO)Cc2ccccn2)S(=O)(=O)c2ccccc2C)cc1. The molecule has 0 aliphatic carbocycles. The molecule has 0 radical (unpaired) electrons. The molecule has 8 heteroatoms. The average Bonchev–Trinajstić information content (AvgIpc) is 2.78. The third-order valence-corrected chi connectivity index (χ3v) is 7.00. The van der Waals surface area contributed by atoms with Crippen LogP contribution in [0.15, 0.2) is 77.8 Å². The normalized spacial score (nSPS) is 11.2. The zero-order valence-corrected chi connectivity index (χ0v) is 19.0. The molecule has 0 atom stereocenters. The summed E-state index contributed by atoms with van der Waals surface area (Å²) in [7, 11) is -4.01. The Balaban J connectivity index is 1.97. The van der Waals surface area contributed by atoms with Crippen LogP contribution in [0.1, 0.15) is 16.8 Å². The zero-order chi connectivity index (χ0) is 23.1. The molecule has 0 aliphatic rings. The quantitative estimate of drug-likeness (QED) is 0.538. The maximum absolute atomic E-state index is 13.6. The van der Waals surface area contributed by atoms with Gasteiger partial charge in [-0.15, -0.1) is 0 Å². The molecule has 3 aromatic rings. The highest BCUT2D eigenvalue weighted by Crippen LogP contribution is 2.26. The summed E-state index contributed by atoms with van der Waals surface area (Å²) >= 11 is 0. The van der Waals surface area contributed by atoms with Crippen LogP contribution in [0.25, 0.3) is 0 Å². The third kappa shape index (κ3) is 5.52. The van der Waals surface area contributed by atoms with Crippen molar-refractivity contribution in [1.82, 2.24) is 9.88 Å². The van der Waals surface area contributed by atoms with Gasteiger partial charge in [0, 0.05) is 12.7 Å². The molecule has 3 rings (SSSR count). The molecule has 2 aromatic carbocycles. The van der Waals surface area contributed by atoms with E-state index >= 15 is 0 Å². The fourth-order valence-electron chi connectivity index (χ4n) is 3.31. The lowest BCUT2D eigenvalue weighted by Gasteiger charge is -2.28. The first kappa shape index (κ1) is 23.4. The summed E-state index contributed by atoms with van der Waals surface area (Å²) in [4.78, 5) is 19.0. The Morgan fingerprint density at radius 3 is 2.28 bits per heavy atom. The molecule has 1 heterocycles. The summed E-state index contributed by atoms with van der Waals surface area (Å²) in [6, 6.07) is 19.0. The van der Waals surface area contributed by atoms with Gasteiger partial charge in [0.25, 0.3) is 10.0 Å². The predicted octanol–water partition coefficient (Wildman–Crippen LogP) is 2.91. The van der Waals surface area contributed by atoms with E-state index < -0.39 is 22.5 Å². The molecule has 7 nitrogen and oxygen atoms in total. The summed E-state index contributed by atoms with van der Waals surface area (Å²) in [6.07, 6.45) is 1.62.